The third kappa shape index (κ3) is 5.16. The van der Waals surface area contributed by atoms with Crippen molar-refractivity contribution in [2.45, 2.75) is 50.6 Å². The first-order valence-corrected chi connectivity index (χ1v) is 12.4. The molecule has 30 heavy (non-hydrogen) atoms. The van der Waals surface area contributed by atoms with Gasteiger partial charge in [0.1, 0.15) is 0 Å². The van der Waals surface area contributed by atoms with E-state index < -0.39 is 0 Å². The topological polar surface area (TPSA) is 37.7 Å². The molecule has 0 aliphatic carbocycles. The second kappa shape index (κ2) is 10.6. The van der Waals surface area contributed by atoms with E-state index in [1.54, 1.807) is 18.4 Å². The van der Waals surface area contributed by atoms with E-state index in [1.807, 2.05) is 12.1 Å². The third-order valence-electron chi connectivity index (χ3n) is 6.88. The number of carbonyl (C=O) groups is 1. The smallest absolute Gasteiger partial charge is 0.225 e. The molecule has 0 radical (unpaired) electrons. The Labute approximate surface area is 184 Å². The van der Waals surface area contributed by atoms with Crippen LogP contribution in [0.3, 0.4) is 0 Å². The average Bonchev–Trinajstić information content (AvgIpc) is 3.49. The summed E-state index contributed by atoms with van der Waals surface area (Å²) in [7, 11) is 1.72. The summed E-state index contributed by atoms with van der Waals surface area (Å²) in [5, 5.41) is 4.26. The Bertz CT molecular complexity index is 725. The summed E-state index contributed by atoms with van der Waals surface area (Å²) in [5.74, 6) is 0.830. The van der Waals surface area contributed by atoms with E-state index in [0.717, 1.165) is 6.54 Å². The maximum absolute atomic E-state index is 13.5. The highest BCUT2D eigenvalue weighted by Crippen LogP contribution is 2.32. The van der Waals surface area contributed by atoms with E-state index >= 15 is 0 Å². The molecule has 4 rings (SSSR count). The summed E-state index contributed by atoms with van der Waals surface area (Å²) < 4.78 is 7.52. The Kier molecular flexibility index (Phi) is 7.63. The number of thiophene rings is 1. The number of hydrogen-bond donors (Lipinski definition) is 0. The van der Waals surface area contributed by atoms with Crippen molar-refractivity contribution in [3.63, 3.8) is 0 Å². The molecule has 1 amide bonds. The van der Waals surface area contributed by atoms with Gasteiger partial charge in [-0.25, -0.2) is 0 Å². The standard InChI is InChI=1S/C24H35N3O2S/c1-29-15-14-27(18-20-7-6-13-25-10-3-2-8-22(20)25)24(28)17-23(21-9-16-30-19-21)26-11-4-5-12-26/h4-5,9,11-12,16,19-20,22-23H,2-3,6-8,10,13-15,17-18H2,1H3/t20-,22+,23?/m0/s1. The van der Waals surface area contributed by atoms with Gasteiger partial charge in [-0.3, -0.25) is 4.79 Å². The largest absolute Gasteiger partial charge is 0.383 e. The lowest BCUT2D eigenvalue weighted by Crippen LogP contribution is -2.52. The van der Waals surface area contributed by atoms with Crippen LogP contribution in [0.15, 0.2) is 41.4 Å². The van der Waals surface area contributed by atoms with Crippen molar-refractivity contribution >= 4 is 17.2 Å². The molecule has 1 unspecified atom stereocenters. The Morgan fingerprint density at radius 3 is 2.83 bits per heavy atom. The molecule has 2 saturated heterocycles. The normalized spacial score (nSPS) is 23.1. The molecule has 0 saturated carbocycles. The molecule has 4 heterocycles. The van der Waals surface area contributed by atoms with Crippen molar-refractivity contribution in [1.82, 2.24) is 14.4 Å². The Hall–Kier alpha value is -1.63. The number of carbonyl (C=O) groups excluding carboxylic acids is 1. The highest BCUT2D eigenvalue weighted by atomic mass is 32.1. The van der Waals surface area contributed by atoms with Crippen molar-refractivity contribution < 1.29 is 9.53 Å². The summed E-state index contributed by atoms with van der Waals surface area (Å²) in [6.07, 6.45) is 11.1. The Morgan fingerprint density at radius 1 is 1.23 bits per heavy atom. The summed E-state index contributed by atoms with van der Waals surface area (Å²) in [6, 6.07) is 6.92. The van der Waals surface area contributed by atoms with Gasteiger partial charge in [-0.1, -0.05) is 6.42 Å². The van der Waals surface area contributed by atoms with E-state index in [-0.39, 0.29) is 11.9 Å². The highest BCUT2D eigenvalue weighted by molar-refractivity contribution is 7.08. The fraction of sp³-hybridized carbons (Fsp3) is 0.625. The molecule has 2 aliphatic heterocycles. The molecule has 0 aromatic carbocycles. The minimum absolute atomic E-state index is 0.0568. The highest BCUT2D eigenvalue weighted by Gasteiger charge is 2.35. The van der Waals surface area contributed by atoms with Crippen LogP contribution in [0.4, 0.5) is 0 Å². The SMILES string of the molecule is COCCN(C[C@@H]1CCCN2CCCC[C@H]12)C(=O)CC(c1ccsc1)n1cccc1. The van der Waals surface area contributed by atoms with E-state index in [0.29, 0.717) is 31.5 Å². The minimum Gasteiger partial charge on any atom is -0.383 e. The second-order valence-corrected chi connectivity index (χ2v) is 9.52. The van der Waals surface area contributed by atoms with Crippen molar-refractivity contribution in [1.29, 1.82) is 0 Å². The van der Waals surface area contributed by atoms with Crippen LogP contribution < -0.4 is 0 Å². The lowest BCUT2D eigenvalue weighted by Gasteiger charge is -2.45. The maximum atomic E-state index is 13.5. The van der Waals surface area contributed by atoms with Crippen molar-refractivity contribution in [3.05, 3.63) is 46.9 Å². The first-order chi connectivity index (χ1) is 14.8. The third-order valence-corrected chi connectivity index (χ3v) is 7.59. The van der Waals surface area contributed by atoms with E-state index in [2.05, 4.69) is 43.6 Å². The molecule has 164 valence electrons. The van der Waals surface area contributed by atoms with Crippen molar-refractivity contribution in [2.24, 2.45) is 5.92 Å². The van der Waals surface area contributed by atoms with Gasteiger partial charge in [-0.2, -0.15) is 11.3 Å². The van der Waals surface area contributed by atoms with Gasteiger partial charge in [-0.15, -0.1) is 0 Å². The average molecular weight is 430 g/mol. The van der Waals surface area contributed by atoms with E-state index in [9.17, 15) is 4.79 Å². The number of amides is 1. The second-order valence-electron chi connectivity index (χ2n) is 8.74. The van der Waals surface area contributed by atoms with Gasteiger partial charge in [0.15, 0.2) is 0 Å². The molecular formula is C24H35N3O2S. The van der Waals surface area contributed by atoms with Gasteiger partial charge < -0.3 is 19.1 Å². The van der Waals surface area contributed by atoms with Crippen LogP contribution >= 0.6 is 11.3 Å². The number of aromatic nitrogens is 1. The summed E-state index contributed by atoms with van der Waals surface area (Å²) in [4.78, 5) is 18.3. The van der Waals surface area contributed by atoms with E-state index in [4.69, 9.17) is 4.74 Å². The Morgan fingerprint density at radius 2 is 2.07 bits per heavy atom. The zero-order chi connectivity index (χ0) is 20.8. The van der Waals surface area contributed by atoms with E-state index in [1.165, 1.54) is 50.8 Å². The molecule has 6 heteroatoms. The van der Waals surface area contributed by atoms with Crippen LogP contribution in [0, 0.1) is 5.92 Å². The number of piperidine rings is 2. The number of hydrogen-bond acceptors (Lipinski definition) is 4. The molecule has 2 aromatic heterocycles. The predicted molar refractivity (Wildman–Crippen MR) is 122 cm³/mol. The van der Waals surface area contributed by atoms with Crippen LogP contribution in [-0.4, -0.2) is 66.2 Å². The number of nitrogens with zero attached hydrogens (tertiary/aromatic N) is 3. The van der Waals surface area contributed by atoms with Gasteiger partial charge >= 0.3 is 0 Å². The zero-order valence-corrected chi connectivity index (χ0v) is 18.9. The molecule has 0 N–H and O–H groups in total. The monoisotopic (exact) mass is 429 g/mol. The molecule has 2 aliphatic rings. The molecule has 2 fully saturated rings. The number of methoxy groups -OCH3 is 1. The predicted octanol–water partition coefficient (Wildman–Crippen LogP) is 4.27. The van der Waals surface area contributed by atoms with Crippen LogP contribution in [0.5, 0.6) is 0 Å². The fourth-order valence-electron chi connectivity index (χ4n) is 5.30. The molecular weight excluding hydrogens is 394 g/mol. The molecule has 5 nitrogen and oxygen atoms in total. The number of ether oxygens (including phenoxy) is 1. The summed E-state index contributed by atoms with van der Waals surface area (Å²) in [5.41, 5.74) is 1.22. The van der Waals surface area contributed by atoms with Crippen LogP contribution in [-0.2, 0) is 9.53 Å². The maximum Gasteiger partial charge on any atom is 0.225 e. The van der Waals surface area contributed by atoms with Gasteiger partial charge in [0.05, 0.1) is 19.1 Å². The van der Waals surface area contributed by atoms with Crippen molar-refractivity contribution in [3.8, 4) is 0 Å². The molecule has 3 atom stereocenters. The van der Waals surface area contributed by atoms with Gasteiger partial charge in [0.2, 0.25) is 5.91 Å². The molecule has 0 bridgehead atoms. The lowest BCUT2D eigenvalue weighted by atomic mass is 9.83. The first kappa shape index (κ1) is 21.6. The number of fused-ring (bicyclic) bond motifs is 1. The van der Waals surface area contributed by atoms with Gasteiger partial charge in [0.25, 0.3) is 0 Å². The summed E-state index contributed by atoms with van der Waals surface area (Å²) in [6.45, 7) is 4.62. The molecule has 0 spiro atoms. The fourth-order valence-corrected chi connectivity index (χ4v) is 6.01. The number of rotatable bonds is 9. The van der Waals surface area contributed by atoms with Gasteiger partial charge in [-0.05, 0) is 79.2 Å². The van der Waals surface area contributed by atoms with Crippen LogP contribution in [0.2, 0.25) is 0 Å². The van der Waals surface area contributed by atoms with Crippen LogP contribution in [0.1, 0.15) is 50.1 Å². The van der Waals surface area contributed by atoms with Crippen molar-refractivity contribution in [2.75, 3.05) is 39.9 Å². The minimum atomic E-state index is 0.0568. The Balaban J connectivity index is 1.47. The van der Waals surface area contributed by atoms with Crippen LogP contribution in [0.25, 0.3) is 0 Å². The zero-order valence-electron chi connectivity index (χ0n) is 18.1. The quantitative estimate of drug-likeness (QED) is 0.597. The molecule has 2 aromatic rings. The summed E-state index contributed by atoms with van der Waals surface area (Å²) >= 11 is 1.69. The lowest BCUT2D eigenvalue weighted by molar-refractivity contribution is -0.134. The first-order valence-electron chi connectivity index (χ1n) is 11.4. The van der Waals surface area contributed by atoms with Gasteiger partial charge in [0, 0.05) is 38.6 Å².